The predicted octanol–water partition coefficient (Wildman–Crippen LogP) is 0.592. The van der Waals surface area contributed by atoms with Crippen LogP contribution in [0, 0.1) is 11.3 Å². The fourth-order valence-electron chi connectivity index (χ4n) is 0.311. The summed E-state index contributed by atoms with van der Waals surface area (Å²) in [7, 11) is -0.139. The SMILES string of the molecule is CC#N.CCCCOBO. The Bertz CT molecular complexity index is 78.3. The molecule has 0 aliphatic heterocycles. The second kappa shape index (κ2) is 15.8. The first-order valence-corrected chi connectivity index (χ1v) is 3.32. The Morgan fingerprint density at radius 2 is 2.20 bits per heavy atom. The third-order valence-electron chi connectivity index (χ3n) is 0.734. The molecule has 1 N–H and O–H groups in total. The smallest absolute Gasteiger partial charge is 0.430 e. The van der Waals surface area contributed by atoms with Crippen molar-refractivity contribution in [2.45, 2.75) is 26.7 Å². The van der Waals surface area contributed by atoms with Gasteiger partial charge in [-0.1, -0.05) is 13.3 Å². The van der Waals surface area contributed by atoms with Gasteiger partial charge in [0.25, 0.3) is 0 Å². The molecule has 0 saturated carbocycles. The Hall–Kier alpha value is -0.525. The third-order valence-corrected chi connectivity index (χ3v) is 0.734. The molecule has 0 bridgehead atoms. The summed E-state index contributed by atoms with van der Waals surface area (Å²) in [4.78, 5) is 0. The van der Waals surface area contributed by atoms with E-state index in [4.69, 9.17) is 10.3 Å². The molecular formula is C6H14BNO2. The van der Waals surface area contributed by atoms with Crippen molar-refractivity contribution in [1.82, 2.24) is 0 Å². The average molecular weight is 143 g/mol. The molecule has 0 aromatic heterocycles. The zero-order chi connectivity index (χ0) is 8.24. The van der Waals surface area contributed by atoms with Crippen molar-refractivity contribution in [2.24, 2.45) is 0 Å². The Kier molecular flexibility index (Phi) is 19.2. The van der Waals surface area contributed by atoms with Crippen LogP contribution in [-0.2, 0) is 4.65 Å². The van der Waals surface area contributed by atoms with E-state index in [0.29, 0.717) is 6.61 Å². The highest BCUT2D eigenvalue weighted by Crippen LogP contribution is 1.84. The number of unbranched alkanes of at least 4 members (excludes halogenated alkanes) is 1. The number of nitrogens with zero attached hydrogens (tertiary/aromatic N) is 1. The van der Waals surface area contributed by atoms with Gasteiger partial charge in [0.1, 0.15) is 0 Å². The minimum Gasteiger partial charge on any atom is -0.430 e. The minimum absolute atomic E-state index is 0.139. The molecule has 0 radical (unpaired) electrons. The van der Waals surface area contributed by atoms with Crippen LogP contribution in [0.5, 0.6) is 0 Å². The van der Waals surface area contributed by atoms with E-state index in [1.165, 1.54) is 6.92 Å². The normalized spacial score (nSPS) is 7.00. The Morgan fingerprint density at radius 1 is 1.70 bits per heavy atom. The molecule has 0 aliphatic rings. The second-order valence-corrected chi connectivity index (χ2v) is 1.61. The fraction of sp³-hybridized carbons (Fsp3) is 0.833. The fourth-order valence-corrected chi connectivity index (χ4v) is 0.311. The van der Waals surface area contributed by atoms with E-state index in [-0.39, 0.29) is 7.69 Å². The topological polar surface area (TPSA) is 53.2 Å². The molecule has 0 heterocycles. The standard InChI is InChI=1S/C4H11BO2.C2H3N/c1-2-3-4-7-5-6;1-2-3/h5-6H,2-4H2,1H3;1H3. The van der Waals surface area contributed by atoms with Crippen LogP contribution in [0.25, 0.3) is 0 Å². The number of nitriles is 1. The van der Waals surface area contributed by atoms with E-state index >= 15 is 0 Å². The van der Waals surface area contributed by atoms with E-state index in [2.05, 4.69) is 11.6 Å². The molecule has 4 heteroatoms. The lowest BCUT2D eigenvalue weighted by Crippen LogP contribution is -1.97. The highest BCUT2D eigenvalue weighted by atomic mass is 16.5. The lowest BCUT2D eigenvalue weighted by atomic mass is 10.3. The minimum atomic E-state index is -0.139. The second-order valence-electron chi connectivity index (χ2n) is 1.61. The molecule has 0 unspecified atom stereocenters. The Labute approximate surface area is 62.9 Å². The van der Waals surface area contributed by atoms with Gasteiger partial charge in [0.05, 0.1) is 6.07 Å². The van der Waals surface area contributed by atoms with Gasteiger partial charge in [0, 0.05) is 13.5 Å². The van der Waals surface area contributed by atoms with Crippen molar-refractivity contribution in [2.75, 3.05) is 6.61 Å². The summed E-state index contributed by atoms with van der Waals surface area (Å²) < 4.78 is 4.63. The van der Waals surface area contributed by atoms with Gasteiger partial charge >= 0.3 is 7.69 Å². The van der Waals surface area contributed by atoms with Crippen molar-refractivity contribution in [3.05, 3.63) is 0 Å². The van der Waals surface area contributed by atoms with Gasteiger partial charge < -0.3 is 9.68 Å². The number of rotatable bonds is 4. The lowest BCUT2D eigenvalue weighted by Gasteiger charge is -1.93. The highest BCUT2D eigenvalue weighted by Gasteiger charge is 1.82. The summed E-state index contributed by atoms with van der Waals surface area (Å²) in [5.41, 5.74) is 0. The lowest BCUT2D eigenvalue weighted by molar-refractivity contribution is 0.278. The van der Waals surface area contributed by atoms with E-state index in [1.54, 1.807) is 6.07 Å². The molecule has 0 aromatic carbocycles. The van der Waals surface area contributed by atoms with Crippen molar-refractivity contribution in [3.8, 4) is 6.07 Å². The maximum Gasteiger partial charge on any atom is 0.435 e. The largest absolute Gasteiger partial charge is 0.435 e. The highest BCUT2D eigenvalue weighted by molar-refractivity contribution is 6.15. The van der Waals surface area contributed by atoms with E-state index < -0.39 is 0 Å². The molecule has 0 atom stereocenters. The van der Waals surface area contributed by atoms with Crippen molar-refractivity contribution in [3.63, 3.8) is 0 Å². The average Bonchev–Trinajstić information content (AvgIpc) is 1.91. The summed E-state index contributed by atoms with van der Waals surface area (Å²) in [5, 5.41) is 15.4. The van der Waals surface area contributed by atoms with E-state index in [0.717, 1.165) is 12.8 Å². The first kappa shape index (κ1) is 12.2. The summed E-state index contributed by atoms with van der Waals surface area (Å²) in [5.74, 6) is 0. The van der Waals surface area contributed by atoms with Crippen LogP contribution in [-0.4, -0.2) is 19.3 Å². The molecule has 0 fully saturated rings. The molecule has 0 amide bonds. The Morgan fingerprint density at radius 3 is 2.50 bits per heavy atom. The van der Waals surface area contributed by atoms with Crippen molar-refractivity contribution >= 4 is 7.69 Å². The van der Waals surface area contributed by atoms with Crippen LogP contribution < -0.4 is 0 Å². The van der Waals surface area contributed by atoms with E-state index in [9.17, 15) is 0 Å². The van der Waals surface area contributed by atoms with Gasteiger partial charge in [-0.2, -0.15) is 5.26 Å². The maximum absolute atomic E-state index is 8.07. The zero-order valence-corrected chi connectivity index (χ0v) is 6.63. The van der Waals surface area contributed by atoms with E-state index in [1.807, 2.05) is 0 Å². The quantitative estimate of drug-likeness (QED) is 0.462. The number of hydrogen-bond donors (Lipinski definition) is 1. The zero-order valence-electron chi connectivity index (χ0n) is 6.63. The van der Waals surface area contributed by atoms with Crippen LogP contribution in [0.1, 0.15) is 26.7 Å². The summed E-state index contributed by atoms with van der Waals surface area (Å²) in [6, 6.07) is 1.75. The molecule has 0 aliphatic carbocycles. The van der Waals surface area contributed by atoms with Gasteiger partial charge in [-0.3, -0.25) is 0 Å². The molecular weight excluding hydrogens is 129 g/mol. The van der Waals surface area contributed by atoms with Crippen LogP contribution in [0.2, 0.25) is 0 Å². The van der Waals surface area contributed by atoms with Gasteiger partial charge in [-0.15, -0.1) is 0 Å². The molecule has 3 nitrogen and oxygen atoms in total. The molecule has 0 rings (SSSR count). The summed E-state index contributed by atoms with van der Waals surface area (Å²) in [6.45, 7) is 4.20. The first-order chi connectivity index (χ1) is 4.83. The molecule has 10 heavy (non-hydrogen) atoms. The monoisotopic (exact) mass is 143 g/mol. The molecule has 0 aromatic rings. The maximum atomic E-state index is 8.07. The summed E-state index contributed by atoms with van der Waals surface area (Å²) >= 11 is 0. The van der Waals surface area contributed by atoms with Crippen molar-refractivity contribution < 1.29 is 9.68 Å². The third kappa shape index (κ3) is 26.0. The van der Waals surface area contributed by atoms with Gasteiger partial charge in [0.2, 0.25) is 0 Å². The van der Waals surface area contributed by atoms with Gasteiger partial charge in [-0.25, -0.2) is 0 Å². The van der Waals surface area contributed by atoms with Gasteiger partial charge in [-0.05, 0) is 6.42 Å². The van der Waals surface area contributed by atoms with Crippen LogP contribution in [0.3, 0.4) is 0 Å². The predicted molar refractivity (Wildman–Crippen MR) is 41.5 cm³/mol. The number of hydrogen-bond acceptors (Lipinski definition) is 3. The summed E-state index contributed by atoms with van der Waals surface area (Å²) in [6.07, 6.45) is 2.17. The van der Waals surface area contributed by atoms with Crippen LogP contribution >= 0.6 is 0 Å². The van der Waals surface area contributed by atoms with Gasteiger partial charge in [0.15, 0.2) is 0 Å². The molecule has 0 spiro atoms. The van der Waals surface area contributed by atoms with Crippen LogP contribution in [0.4, 0.5) is 0 Å². The molecule has 58 valence electrons. The molecule has 0 saturated heterocycles. The Balaban J connectivity index is 0. The first-order valence-electron chi connectivity index (χ1n) is 3.32. The van der Waals surface area contributed by atoms with Crippen molar-refractivity contribution in [1.29, 1.82) is 5.26 Å². The van der Waals surface area contributed by atoms with Crippen LogP contribution in [0.15, 0.2) is 0 Å².